The molecule has 0 aliphatic carbocycles. The maximum Gasteiger partial charge on any atom is 0.337 e. The summed E-state index contributed by atoms with van der Waals surface area (Å²) in [5.41, 5.74) is 2.10. The molecule has 1 amide bonds. The van der Waals surface area contributed by atoms with Crippen molar-refractivity contribution in [2.45, 2.75) is 6.54 Å². The maximum absolute atomic E-state index is 12.8. The Morgan fingerprint density at radius 3 is 2.69 bits per heavy atom. The lowest BCUT2D eigenvalue weighted by atomic mass is 10.2. The third kappa shape index (κ3) is 3.84. The van der Waals surface area contributed by atoms with E-state index >= 15 is 0 Å². The van der Waals surface area contributed by atoms with Gasteiger partial charge in [-0.15, -0.1) is 11.3 Å². The first-order valence-electron chi connectivity index (χ1n) is 8.76. The van der Waals surface area contributed by atoms with Crippen LogP contribution in [0.15, 0.2) is 47.5 Å². The lowest BCUT2D eigenvalue weighted by molar-refractivity contribution is 0.0601. The van der Waals surface area contributed by atoms with E-state index in [-0.39, 0.29) is 0 Å². The number of esters is 1. The van der Waals surface area contributed by atoms with Gasteiger partial charge in [-0.2, -0.15) is 4.99 Å². The Labute approximate surface area is 173 Å². The van der Waals surface area contributed by atoms with Crippen LogP contribution < -0.4 is 4.80 Å². The van der Waals surface area contributed by atoms with Crippen molar-refractivity contribution in [3.63, 3.8) is 0 Å². The van der Waals surface area contributed by atoms with Crippen molar-refractivity contribution in [3.8, 4) is 0 Å². The maximum atomic E-state index is 12.8. The molecule has 2 aromatic heterocycles. The number of nitrogens with zero attached hydrogens (tertiary/aromatic N) is 3. The highest BCUT2D eigenvalue weighted by Crippen LogP contribution is 2.23. The Morgan fingerprint density at radius 1 is 1.10 bits per heavy atom. The van der Waals surface area contributed by atoms with Gasteiger partial charge in [-0.25, -0.2) is 9.78 Å². The summed E-state index contributed by atoms with van der Waals surface area (Å²) in [5, 5.41) is 0.345. The Morgan fingerprint density at radius 2 is 1.93 bits per heavy atom. The molecule has 2 heterocycles. The van der Waals surface area contributed by atoms with Crippen LogP contribution in [0.4, 0.5) is 0 Å². The summed E-state index contributed by atoms with van der Waals surface area (Å²) in [6, 6.07) is 12.9. The monoisotopic (exact) mass is 427 g/mol. The molecule has 0 fully saturated rings. The topological polar surface area (TPSA) is 82.8 Å². The average molecular weight is 428 g/mol. The quantitative estimate of drug-likeness (QED) is 0.456. The third-order valence-electron chi connectivity index (χ3n) is 4.30. The SMILES string of the molecule is COCCn1c(=NC(=O)c2nc3ccccc3s2)sc2cc(C(=O)OC)ccc21. The molecule has 0 aliphatic heterocycles. The summed E-state index contributed by atoms with van der Waals surface area (Å²) in [4.78, 5) is 33.9. The summed E-state index contributed by atoms with van der Waals surface area (Å²) in [6.45, 7) is 0.993. The molecule has 29 heavy (non-hydrogen) atoms. The summed E-state index contributed by atoms with van der Waals surface area (Å²) < 4.78 is 13.7. The van der Waals surface area contributed by atoms with Crippen LogP contribution in [0.3, 0.4) is 0 Å². The number of para-hydroxylation sites is 1. The zero-order chi connectivity index (χ0) is 20.4. The van der Waals surface area contributed by atoms with Crippen LogP contribution in [0.1, 0.15) is 20.2 Å². The summed E-state index contributed by atoms with van der Waals surface area (Å²) >= 11 is 2.65. The second-order valence-electron chi connectivity index (χ2n) is 6.11. The van der Waals surface area contributed by atoms with Gasteiger partial charge in [0.15, 0.2) is 9.81 Å². The molecule has 0 aliphatic rings. The first kappa shape index (κ1) is 19.4. The highest BCUT2D eigenvalue weighted by atomic mass is 32.1. The number of carbonyl (C=O) groups is 2. The van der Waals surface area contributed by atoms with Crippen LogP contribution in [0, 0.1) is 0 Å². The van der Waals surface area contributed by atoms with Gasteiger partial charge < -0.3 is 14.0 Å². The van der Waals surface area contributed by atoms with E-state index in [9.17, 15) is 9.59 Å². The van der Waals surface area contributed by atoms with Crippen LogP contribution in [0.5, 0.6) is 0 Å². The number of methoxy groups -OCH3 is 2. The molecule has 7 nitrogen and oxygen atoms in total. The number of ether oxygens (including phenoxy) is 2. The van der Waals surface area contributed by atoms with Gasteiger partial charge in [-0.3, -0.25) is 4.79 Å². The minimum Gasteiger partial charge on any atom is -0.465 e. The number of aromatic nitrogens is 2. The normalized spacial score (nSPS) is 12.0. The number of rotatable bonds is 5. The minimum absolute atomic E-state index is 0.345. The van der Waals surface area contributed by atoms with Crippen LogP contribution >= 0.6 is 22.7 Å². The summed E-state index contributed by atoms with van der Waals surface area (Å²) in [6.07, 6.45) is 0. The molecular weight excluding hydrogens is 410 g/mol. The van der Waals surface area contributed by atoms with E-state index in [1.165, 1.54) is 29.8 Å². The van der Waals surface area contributed by atoms with E-state index in [1.807, 2.05) is 34.9 Å². The van der Waals surface area contributed by atoms with Crippen molar-refractivity contribution in [1.29, 1.82) is 0 Å². The summed E-state index contributed by atoms with van der Waals surface area (Å²) in [7, 11) is 2.96. The van der Waals surface area contributed by atoms with Gasteiger partial charge in [0.1, 0.15) is 0 Å². The molecule has 4 rings (SSSR count). The number of hydrogen-bond acceptors (Lipinski definition) is 7. The smallest absolute Gasteiger partial charge is 0.337 e. The van der Waals surface area contributed by atoms with E-state index in [2.05, 4.69) is 9.98 Å². The van der Waals surface area contributed by atoms with Crippen LogP contribution in [-0.4, -0.2) is 42.3 Å². The minimum atomic E-state index is -0.409. The van der Waals surface area contributed by atoms with Crippen molar-refractivity contribution >= 4 is 55.0 Å². The van der Waals surface area contributed by atoms with Crippen molar-refractivity contribution < 1.29 is 19.1 Å². The Balaban J connectivity index is 1.81. The number of thiazole rings is 2. The molecule has 0 N–H and O–H groups in total. The molecule has 9 heteroatoms. The summed E-state index contributed by atoms with van der Waals surface area (Å²) in [5.74, 6) is -0.801. The Hall–Kier alpha value is -2.88. The van der Waals surface area contributed by atoms with Crippen LogP contribution in [0.2, 0.25) is 0 Å². The fourth-order valence-corrected chi connectivity index (χ4v) is 4.84. The predicted molar refractivity (Wildman–Crippen MR) is 113 cm³/mol. The molecule has 0 saturated carbocycles. The van der Waals surface area contributed by atoms with Gasteiger partial charge in [0, 0.05) is 13.7 Å². The van der Waals surface area contributed by atoms with Crippen molar-refractivity contribution in [2.75, 3.05) is 20.8 Å². The van der Waals surface area contributed by atoms with E-state index in [1.54, 1.807) is 19.2 Å². The van der Waals surface area contributed by atoms with Gasteiger partial charge in [0.05, 0.1) is 39.7 Å². The average Bonchev–Trinajstić information content (AvgIpc) is 3.32. The second-order valence-corrected chi connectivity index (χ2v) is 8.15. The van der Waals surface area contributed by atoms with Crippen LogP contribution in [-0.2, 0) is 16.0 Å². The number of benzene rings is 2. The Bertz CT molecular complexity index is 1250. The molecule has 0 saturated heterocycles. The fourth-order valence-electron chi connectivity index (χ4n) is 2.90. The highest BCUT2D eigenvalue weighted by Gasteiger charge is 2.15. The fraction of sp³-hybridized carbons (Fsp3) is 0.200. The number of carbonyl (C=O) groups excluding carboxylic acids is 2. The molecule has 0 atom stereocenters. The van der Waals surface area contributed by atoms with E-state index in [4.69, 9.17) is 9.47 Å². The van der Waals surface area contributed by atoms with Crippen molar-refractivity contribution in [2.24, 2.45) is 4.99 Å². The molecule has 0 spiro atoms. The van der Waals surface area contributed by atoms with E-state index < -0.39 is 11.9 Å². The Kier molecular flexibility index (Phi) is 5.52. The van der Waals surface area contributed by atoms with Crippen LogP contribution in [0.25, 0.3) is 20.4 Å². The number of amides is 1. The molecule has 148 valence electrons. The zero-order valence-corrected chi connectivity index (χ0v) is 17.4. The molecule has 0 bridgehead atoms. The van der Waals surface area contributed by atoms with Crippen molar-refractivity contribution in [3.05, 3.63) is 57.8 Å². The first-order valence-corrected chi connectivity index (χ1v) is 10.4. The first-order chi connectivity index (χ1) is 14.1. The van der Waals surface area contributed by atoms with Gasteiger partial charge in [-0.05, 0) is 30.3 Å². The van der Waals surface area contributed by atoms with Gasteiger partial charge >= 0.3 is 11.9 Å². The molecular formula is C20H17N3O4S2. The third-order valence-corrected chi connectivity index (χ3v) is 6.36. The van der Waals surface area contributed by atoms with Gasteiger partial charge in [0.2, 0.25) is 0 Å². The largest absolute Gasteiger partial charge is 0.465 e. The van der Waals surface area contributed by atoms with E-state index in [0.717, 1.165) is 20.4 Å². The van der Waals surface area contributed by atoms with E-state index in [0.29, 0.717) is 28.5 Å². The lowest BCUT2D eigenvalue weighted by Crippen LogP contribution is -2.19. The molecule has 0 unspecified atom stereocenters. The second kappa shape index (κ2) is 8.24. The van der Waals surface area contributed by atoms with Gasteiger partial charge in [0.25, 0.3) is 0 Å². The van der Waals surface area contributed by atoms with Crippen molar-refractivity contribution in [1.82, 2.24) is 9.55 Å². The number of hydrogen-bond donors (Lipinski definition) is 0. The molecule has 4 aromatic rings. The van der Waals surface area contributed by atoms with Gasteiger partial charge in [-0.1, -0.05) is 23.5 Å². The number of fused-ring (bicyclic) bond motifs is 2. The standard InChI is InChI=1S/C20H17N3O4S2/c1-26-10-9-23-14-8-7-12(19(25)27-2)11-16(14)29-20(23)22-17(24)18-21-13-5-3-4-6-15(13)28-18/h3-8,11H,9-10H2,1-2H3. The molecule has 2 aromatic carbocycles. The lowest BCUT2D eigenvalue weighted by Gasteiger charge is -2.04. The highest BCUT2D eigenvalue weighted by molar-refractivity contribution is 7.20. The predicted octanol–water partition coefficient (Wildman–Crippen LogP) is 3.49. The molecule has 0 radical (unpaired) electrons. The zero-order valence-electron chi connectivity index (χ0n) is 15.7.